The van der Waals surface area contributed by atoms with E-state index in [1.807, 2.05) is 45.3 Å². The van der Waals surface area contributed by atoms with Crippen LogP contribution in [0.2, 0.25) is 0 Å². The summed E-state index contributed by atoms with van der Waals surface area (Å²) in [6.07, 6.45) is 6.60. The first-order valence-electron chi connectivity index (χ1n) is 14.6. The van der Waals surface area contributed by atoms with Crippen LogP contribution in [0.3, 0.4) is 0 Å². The standard InChI is InChI=1S/C25H24N2O.C10H12.C2H6/c1-19-24(20(2)28)26-18-27(19)25(21-12-6-3-7-13-21,22-14-8-4-9-15-22)23-16-10-5-11-17-23;1-2-6-10-8-4-3-7-9(10)5-1;1-2/h3-18,20,28H,1-2H3;1-2,5-6H,3-4,7-8H2;1-2H3. The van der Waals surface area contributed by atoms with Crippen LogP contribution in [0.25, 0.3) is 0 Å². The average molecular weight is 531 g/mol. The van der Waals surface area contributed by atoms with E-state index < -0.39 is 11.6 Å². The molecule has 0 aliphatic heterocycles. The molecule has 1 atom stereocenters. The summed E-state index contributed by atoms with van der Waals surface area (Å²) in [5.41, 5.74) is 7.65. The molecule has 3 heteroatoms. The average Bonchev–Trinajstić information content (AvgIpc) is 3.42. The maximum Gasteiger partial charge on any atom is 0.121 e. The van der Waals surface area contributed by atoms with Crippen molar-refractivity contribution in [2.75, 3.05) is 0 Å². The molecule has 1 aliphatic rings. The lowest BCUT2D eigenvalue weighted by molar-refractivity contribution is 0.193. The van der Waals surface area contributed by atoms with Crippen molar-refractivity contribution < 1.29 is 5.11 Å². The molecule has 0 radical (unpaired) electrons. The van der Waals surface area contributed by atoms with Gasteiger partial charge in [-0.05, 0) is 67.3 Å². The summed E-state index contributed by atoms with van der Waals surface area (Å²) < 4.78 is 2.19. The topological polar surface area (TPSA) is 38.1 Å². The maximum absolute atomic E-state index is 10.2. The molecule has 3 nitrogen and oxygen atoms in total. The number of imidazole rings is 1. The molecule has 4 aromatic carbocycles. The molecule has 0 saturated heterocycles. The van der Waals surface area contributed by atoms with Crippen LogP contribution in [-0.2, 0) is 18.4 Å². The molecule has 0 bridgehead atoms. The van der Waals surface area contributed by atoms with Gasteiger partial charge in [0.1, 0.15) is 5.54 Å². The van der Waals surface area contributed by atoms with E-state index >= 15 is 0 Å². The number of aryl methyl sites for hydroxylation is 2. The highest BCUT2D eigenvalue weighted by Crippen LogP contribution is 2.42. The van der Waals surface area contributed by atoms with Gasteiger partial charge in [-0.15, -0.1) is 0 Å². The fourth-order valence-electron chi connectivity index (χ4n) is 5.80. The summed E-state index contributed by atoms with van der Waals surface area (Å²) in [5.74, 6) is 0. The molecule has 206 valence electrons. The van der Waals surface area contributed by atoms with E-state index in [-0.39, 0.29) is 0 Å². The van der Waals surface area contributed by atoms with Crippen molar-refractivity contribution in [3.05, 3.63) is 161 Å². The zero-order chi connectivity index (χ0) is 28.4. The van der Waals surface area contributed by atoms with Gasteiger partial charge in [-0.2, -0.15) is 0 Å². The molecule has 1 heterocycles. The lowest BCUT2D eigenvalue weighted by atomic mass is 9.76. The van der Waals surface area contributed by atoms with Crippen molar-refractivity contribution in [1.82, 2.24) is 9.55 Å². The fourth-order valence-corrected chi connectivity index (χ4v) is 5.80. The molecule has 0 spiro atoms. The van der Waals surface area contributed by atoms with Gasteiger partial charge in [-0.25, -0.2) is 4.98 Å². The van der Waals surface area contributed by atoms with Gasteiger partial charge in [0.05, 0.1) is 18.1 Å². The first-order chi connectivity index (χ1) is 19.6. The number of rotatable bonds is 5. The van der Waals surface area contributed by atoms with Gasteiger partial charge < -0.3 is 9.67 Å². The van der Waals surface area contributed by atoms with Crippen molar-refractivity contribution in [2.24, 2.45) is 0 Å². The highest BCUT2D eigenvalue weighted by molar-refractivity contribution is 5.51. The van der Waals surface area contributed by atoms with Crippen molar-refractivity contribution >= 4 is 0 Å². The number of benzene rings is 4. The van der Waals surface area contributed by atoms with Crippen LogP contribution in [-0.4, -0.2) is 14.7 Å². The van der Waals surface area contributed by atoms with Crippen LogP contribution in [0.1, 0.15) is 78.9 Å². The van der Waals surface area contributed by atoms with Gasteiger partial charge in [-0.3, -0.25) is 0 Å². The second-order valence-electron chi connectivity index (χ2n) is 10.0. The minimum atomic E-state index is -0.624. The normalized spacial score (nSPS) is 13.1. The number of hydrogen-bond acceptors (Lipinski definition) is 2. The Hall–Kier alpha value is -3.95. The molecule has 40 heavy (non-hydrogen) atoms. The predicted octanol–water partition coefficient (Wildman–Crippen LogP) is 8.68. The molecule has 1 N–H and O–H groups in total. The van der Waals surface area contributed by atoms with Crippen LogP contribution >= 0.6 is 0 Å². The van der Waals surface area contributed by atoms with Crippen LogP contribution in [0.4, 0.5) is 0 Å². The Kier molecular flexibility index (Phi) is 10.1. The molecule has 6 rings (SSSR count). The van der Waals surface area contributed by atoms with Crippen molar-refractivity contribution in [3.8, 4) is 0 Å². The third-order valence-corrected chi connectivity index (χ3v) is 7.64. The Morgan fingerprint density at radius 3 is 1.38 bits per heavy atom. The third-order valence-electron chi connectivity index (χ3n) is 7.64. The minimum Gasteiger partial charge on any atom is -0.387 e. The Morgan fingerprint density at radius 1 is 0.650 bits per heavy atom. The molecule has 5 aromatic rings. The number of hydrogen-bond donors (Lipinski definition) is 1. The van der Waals surface area contributed by atoms with E-state index in [2.05, 4.69) is 107 Å². The summed E-state index contributed by atoms with van der Waals surface area (Å²) in [7, 11) is 0. The van der Waals surface area contributed by atoms with Gasteiger partial charge in [-0.1, -0.05) is 129 Å². The van der Waals surface area contributed by atoms with Gasteiger partial charge in [0.25, 0.3) is 0 Å². The molecule has 0 fully saturated rings. The van der Waals surface area contributed by atoms with Gasteiger partial charge >= 0.3 is 0 Å². The smallest absolute Gasteiger partial charge is 0.121 e. The van der Waals surface area contributed by atoms with E-state index in [1.165, 1.54) is 25.7 Å². The Bertz CT molecular complexity index is 1320. The van der Waals surface area contributed by atoms with E-state index in [4.69, 9.17) is 0 Å². The largest absolute Gasteiger partial charge is 0.387 e. The third kappa shape index (κ3) is 5.95. The summed E-state index contributed by atoms with van der Waals surface area (Å²) in [6.45, 7) is 7.79. The highest BCUT2D eigenvalue weighted by Gasteiger charge is 2.39. The Balaban J connectivity index is 0.000000256. The molecule has 0 amide bonds. The number of aliphatic hydroxyl groups excluding tert-OH is 1. The van der Waals surface area contributed by atoms with Crippen molar-refractivity contribution in [2.45, 2.75) is 65.0 Å². The predicted molar refractivity (Wildman–Crippen MR) is 167 cm³/mol. The highest BCUT2D eigenvalue weighted by atomic mass is 16.3. The van der Waals surface area contributed by atoms with Gasteiger partial charge in [0.15, 0.2) is 0 Å². The number of aliphatic hydroxyl groups is 1. The molecular weight excluding hydrogens is 488 g/mol. The summed E-state index contributed by atoms with van der Waals surface area (Å²) in [4.78, 5) is 4.57. The second kappa shape index (κ2) is 13.9. The molecule has 0 saturated carbocycles. The second-order valence-corrected chi connectivity index (χ2v) is 10.0. The zero-order valence-corrected chi connectivity index (χ0v) is 24.3. The van der Waals surface area contributed by atoms with Gasteiger partial charge in [0, 0.05) is 5.69 Å². The summed E-state index contributed by atoms with van der Waals surface area (Å²) in [6, 6.07) is 40.2. The summed E-state index contributed by atoms with van der Waals surface area (Å²) in [5, 5.41) is 10.2. The Labute approximate surface area is 240 Å². The Morgan fingerprint density at radius 2 is 1.02 bits per heavy atom. The van der Waals surface area contributed by atoms with Crippen LogP contribution < -0.4 is 0 Å². The van der Waals surface area contributed by atoms with Crippen LogP contribution in [0.15, 0.2) is 122 Å². The van der Waals surface area contributed by atoms with E-state index in [0.29, 0.717) is 5.69 Å². The monoisotopic (exact) mass is 530 g/mol. The molecule has 1 aromatic heterocycles. The molecule has 1 aliphatic carbocycles. The quantitative estimate of drug-likeness (QED) is 0.231. The number of fused-ring (bicyclic) bond motifs is 1. The number of nitrogens with zero attached hydrogens (tertiary/aromatic N) is 2. The zero-order valence-electron chi connectivity index (χ0n) is 24.3. The fraction of sp³-hybridized carbons (Fsp3) is 0.270. The van der Waals surface area contributed by atoms with E-state index in [0.717, 1.165) is 22.4 Å². The van der Waals surface area contributed by atoms with Crippen LogP contribution in [0, 0.1) is 6.92 Å². The van der Waals surface area contributed by atoms with Crippen molar-refractivity contribution in [1.29, 1.82) is 0 Å². The van der Waals surface area contributed by atoms with E-state index in [9.17, 15) is 5.11 Å². The lowest BCUT2D eigenvalue weighted by Gasteiger charge is -2.38. The minimum absolute atomic E-state index is 0.589. The molecule has 1 unspecified atom stereocenters. The summed E-state index contributed by atoms with van der Waals surface area (Å²) >= 11 is 0. The van der Waals surface area contributed by atoms with Gasteiger partial charge in [0.2, 0.25) is 0 Å². The first-order valence-corrected chi connectivity index (χ1v) is 14.6. The lowest BCUT2D eigenvalue weighted by Crippen LogP contribution is -2.38. The SMILES string of the molecule is CC.Cc1c(C(C)O)ncn1C(c1ccccc1)(c1ccccc1)c1ccccc1.c1ccc2c(c1)CCCC2. The van der Waals surface area contributed by atoms with Crippen LogP contribution in [0.5, 0.6) is 0 Å². The first kappa shape index (κ1) is 29.0. The van der Waals surface area contributed by atoms with Crippen molar-refractivity contribution in [3.63, 3.8) is 0 Å². The number of aromatic nitrogens is 2. The molecular formula is C37H42N2O. The van der Waals surface area contributed by atoms with E-state index in [1.54, 1.807) is 18.1 Å². The maximum atomic E-state index is 10.2.